The molecule has 0 N–H and O–H groups in total. The summed E-state index contributed by atoms with van der Waals surface area (Å²) in [5.74, 6) is 0.681. The van der Waals surface area contributed by atoms with Gasteiger partial charge in [-0.2, -0.15) is 0 Å². The quantitative estimate of drug-likeness (QED) is 0.547. The van der Waals surface area contributed by atoms with Crippen molar-refractivity contribution in [1.82, 2.24) is 9.47 Å². The van der Waals surface area contributed by atoms with E-state index in [9.17, 15) is 4.79 Å². The highest BCUT2D eigenvalue weighted by molar-refractivity contribution is 5.83. The number of hydrogen-bond donors (Lipinski definition) is 0. The molecule has 1 fully saturated rings. The minimum absolute atomic E-state index is 0.0896. The second-order valence-corrected chi connectivity index (χ2v) is 7.72. The fourth-order valence-electron chi connectivity index (χ4n) is 3.96. The molecule has 4 rings (SSSR count). The highest BCUT2D eigenvalue weighted by atomic mass is 16.5. The minimum atomic E-state index is 0.0896. The van der Waals surface area contributed by atoms with Gasteiger partial charge in [-0.1, -0.05) is 60.7 Å². The summed E-state index contributed by atoms with van der Waals surface area (Å²) in [5.41, 5.74) is 3.67. The number of carbonyl (C=O) groups is 1. The summed E-state index contributed by atoms with van der Waals surface area (Å²) < 4.78 is 7.50. The number of benzene rings is 2. The molecule has 0 aliphatic heterocycles. The van der Waals surface area contributed by atoms with Crippen LogP contribution in [-0.2, 0) is 22.6 Å². The van der Waals surface area contributed by atoms with Gasteiger partial charge in [-0.25, -0.2) is 0 Å². The second kappa shape index (κ2) is 9.10. The van der Waals surface area contributed by atoms with Gasteiger partial charge in [0.25, 0.3) is 0 Å². The van der Waals surface area contributed by atoms with Crippen LogP contribution >= 0.6 is 0 Å². The fraction of sp³-hybridized carbons (Fsp3) is 0.320. The van der Waals surface area contributed by atoms with E-state index in [4.69, 9.17) is 4.74 Å². The summed E-state index contributed by atoms with van der Waals surface area (Å²) in [7, 11) is 1.69. The van der Waals surface area contributed by atoms with E-state index in [2.05, 4.69) is 59.3 Å². The molecular formula is C25H28N2O2. The Kier molecular flexibility index (Phi) is 6.11. The van der Waals surface area contributed by atoms with E-state index in [1.807, 2.05) is 29.2 Å². The third kappa shape index (κ3) is 4.77. The maximum atomic E-state index is 13.3. The van der Waals surface area contributed by atoms with Crippen molar-refractivity contribution in [3.8, 4) is 0 Å². The van der Waals surface area contributed by atoms with Crippen molar-refractivity contribution in [2.45, 2.75) is 25.4 Å². The largest absolute Gasteiger partial charge is 0.383 e. The number of hydrogen-bond acceptors (Lipinski definition) is 2. The standard InChI is InChI=1S/C25H28N2O2/c1-29-16-15-27(25(28)24-17-23(24)21-11-6-3-7-12-21)19-22-13-8-14-26(22)18-20-9-4-2-5-10-20/h2-14,23-24H,15-19H2,1H3. The highest BCUT2D eigenvalue weighted by Gasteiger charge is 2.45. The Morgan fingerprint density at radius 3 is 2.48 bits per heavy atom. The van der Waals surface area contributed by atoms with Crippen molar-refractivity contribution in [3.63, 3.8) is 0 Å². The van der Waals surface area contributed by atoms with E-state index in [0.717, 1.165) is 18.7 Å². The predicted octanol–water partition coefficient (Wildman–Crippen LogP) is 4.32. The molecule has 1 amide bonds. The molecule has 3 aromatic rings. The summed E-state index contributed by atoms with van der Waals surface area (Å²) in [4.78, 5) is 15.2. The first-order valence-electron chi connectivity index (χ1n) is 10.3. The van der Waals surface area contributed by atoms with Crippen LogP contribution in [0.2, 0.25) is 0 Å². The number of nitrogens with zero attached hydrogens (tertiary/aromatic N) is 2. The van der Waals surface area contributed by atoms with Crippen molar-refractivity contribution in [2.75, 3.05) is 20.3 Å². The van der Waals surface area contributed by atoms with Crippen LogP contribution in [0.5, 0.6) is 0 Å². The first-order valence-corrected chi connectivity index (χ1v) is 10.3. The second-order valence-electron chi connectivity index (χ2n) is 7.72. The van der Waals surface area contributed by atoms with Crippen molar-refractivity contribution in [1.29, 1.82) is 0 Å². The molecule has 2 unspecified atom stereocenters. The summed E-state index contributed by atoms with van der Waals surface area (Å²) in [6, 6.07) is 25.0. The summed E-state index contributed by atoms with van der Waals surface area (Å²) >= 11 is 0. The highest BCUT2D eigenvalue weighted by Crippen LogP contribution is 2.48. The van der Waals surface area contributed by atoms with Crippen molar-refractivity contribution < 1.29 is 9.53 Å². The predicted molar refractivity (Wildman–Crippen MR) is 115 cm³/mol. The van der Waals surface area contributed by atoms with E-state index in [-0.39, 0.29) is 11.8 Å². The lowest BCUT2D eigenvalue weighted by atomic mass is 10.1. The smallest absolute Gasteiger partial charge is 0.226 e. The van der Waals surface area contributed by atoms with Gasteiger partial charge in [0.05, 0.1) is 13.2 Å². The molecule has 0 spiro atoms. The molecule has 150 valence electrons. The molecule has 2 atom stereocenters. The van der Waals surface area contributed by atoms with Crippen molar-refractivity contribution >= 4 is 5.91 Å². The van der Waals surface area contributed by atoms with E-state index in [0.29, 0.717) is 25.6 Å². The monoisotopic (exact) mass is 388 g/mol. The van der Waals surface area contributed by atoms with E-state index < -0.39 is 0 Å². The average molecular weight is 389 g/mol. The van der Waals surface area contributed by atoms with Gasteiger partial charge in [-0.15, -0.1) is 0 Å². The number of amides is 1. The topological polar surface area (TPSA) is 34.5 Å². The lowest BCUT2D eigenvalue weighted by Crippen LogP contribution is -2.35. The van der Waals surface area contributed by atoms with Gasteiger partial charge in [-0.3, -0.25) is 4.79 Å². The Bertz CT molecular complexity index is 920. The molecule has 4 nitrogen and oxygen atoms in total. The van der Waals surface area contributed by atoms with Gasteiger partial charge in [0.15, 0.2) is 0 Å². The lowest BCUT2D eigenvalue weighted by molar-refractivity contribution is -0.134. The van der Waals surface area contributed by atoms with Gasteiger partial charge >= 0.3 is 0 Å². The number of ether oxygens (including phenoxy) is 1. The molecule has 1 heterocycles. The van der Waals surface area contributed by atoms with Crippen molar-refractivity contribution in [3.05, 3.63) is 95.8 Å². The Morgan fingerprint density at radius 2 is 1.76 bits per heavy atom. The molecule has 0 saturated heterocycles. The van der Waals surface area contributed by atoms with Crippen LogP contribution in [0.15, 0.2) is 79.0 Å². The molecular weight excluding hydrogens is 360 g/mol. The maximum absolute atomic E-state index is 13.3. The van der Waals surface area contributed by atoms with E-state index >= 15 is 0 Å². The molecule has 4 heteroatoms. The zero-order valence-electron chi connectivity index (χ0n) is 16.9. The van der Waals surface area contributed by atoms with Crippen LogP contribution in [0.25, 0.3) is 0 Å². The molecule has 0 bridgehead atoms. The maximum Gasteiger partial charge on any atom is 0.226 e. The normalized spacial score (nSPS) is 17.8. The van der Waals surface area contributed by atoms with Crippen LogP contribution in [0.3, 0.4) is 0 Å². The van der Waals surface area contributed by atoms with Crippen LogP contribution in [-0.4, -0.2) is 35.6 Å². The number of rotatable bonds is 9. The number of aromatic nitrogens is 1. The fourth-order valence-corrected chi connectivity index (χ4v) is 3.96. The van der Waals surface area contributed by atoms with Gasteiger partial charge in [0.2, 0.25) is 5.91 Å². The van der Waals surface area contributed by atoms with Crippen LogP contribution in [0.1, 0.15) is 29.2 Å². The zero-order chi connectivity index (χ0) is 20.1. The Balaban J connectivity index is 1.46. The Morgan fingerprint density at radius 1 is 1.03 bits per heavy atom. The molecule has 1 aliphatic rings. The summed E-state index contributed by atoms with van der Waals surface area (Å²) in [6.07, 6.45) is 3.03. The van der Waals surface area contributed by atoms with Crippen LogP contribution < -0.4 is 0 Å². The first-order chi connectivity index (χ1) is 14.3. The summed E-state index contributed by atoms with van der Waals surface area (Å²) in [6.45, 7) is 2.59. The molecule has 1 aliphatic carbocycles. The molecule has 2 aromatic carbocycles. The lowest BCUT2D eigenvalue weighted by Gasteiger charge is -2.24. The number of carbonyl (C=O) groups excluding carboxylic acids is 1. The molecule has 1 saturated carbocycles. The SMILES string of the molecule is COCCN(Cc1cccn1Cc1ccccc1)C(=O)C1CC1c1ccccc1. The van der Waals surface area contributed by atoms with Gasteiger partial charge in [-0.05, 0) is 35.6 Å². The van der Waals surface area contributed by atoms with Gasteiger partial charge in [0.1, 0.15) is 0 Å². The third-order valence-electron chi connectivity index (χ3n) is 5.68. The average Bonchev–Trinajstić information content (AvgIpc) is 3.46. The van der Waals surface area contributed by atoms with E-state index in [1.165, 1.54) is 11.1 Å². The van der Waals surface area contributed by atoms with Crippen LogP contribution in [0, 0.1) is 5.92 Å². The van der Waals surface area contributed by atoms with Gasteiger partial charge < -0.3 is 14.2 Å². The Labute approximate surface area is 172 Å². The molecule has 0 radical (unpaired) electrons. The van der Waals surface area contributed by atoms with Crippen LogP contribution in [0.4, 0.5) is 0 Å². The molecule has 1 aromatic heterocycles. The Hall–Kier alpha value is -2.85. The number of methoxy groups -OCH3 is 1. The van der Waals surface area contributed by atoms with E-state index in [1.54, 1.807) is 7.11 Å². The van der Waals surface area contributed by atoms with Crippen molar-refractivity contribution in [2.24, 2.45) is 5.92 Å². The molecule has 29 heavy (non-hydrogen) atoms. The van der Waals surface area contributed by atoms with Gasteiger partial charge in [0, 0.05) is 38.0 Å². The zero-order valence-corrected chi connectivity index (χ0v) is 16.9. The first kappa shape index (κ1) is 19.5. The summed E-state index contributed by atoms with van der Waals surface area (Å²) in [5, 5.41) is 0. The third-order valence-corrected chi connectivity index (χ3v) is 5.68. The minimum Gasteiger partial charge on any atom is -0.383 e.